The van der Waals surface area contributed by atoms with Gasteiger partial charge in [-0.2, -0.15) is 4.98 Å². The Morgan fingerprint density at radius 2 is 2.12 bits per heavy atom. The Morgan fingerprint density at radius 3 is 2.81 bits per heavy atom. The van der Waals surface area contributed by atoms with Gasteiger partial charge in [-0.05, 0) is 40.3 Å². The van der Waals surface area contributed by atoms with Crippen LogP contribution in [0.15, 0.2) is 33.9 Å². The van der Waals surface area contributed by atoms with Gasteiger partial charge >= 0.3 is 0 Å². The lowest BCUT2D eigenvalue weighted by Crippen LogP contribution is -1.82. The van der Waals surface area contributed by atoms with E-state index in [4.69, 9.17) is 10.1 Å². The molecule has 0 spiro atoms. The molecule has 80 valence electrons. The van der Waals surface area contributed by atoms with Gasteiger partial charge in [0.15, 0.2) is 0 Å². The summed E-state index contributed by atoms with van der Waals surface area (Å²) >= 11 is 2.22. The molecule has 16 heavy (non-hydrogen) atoms. The van der Waals surface area contributed by atoms with E-state index in [2.05, 4.69) is 42.8 Å². The minimum Gasteiger partial charge on any atom is -0.339 e. The van der Waals surface area contributed by atoms with Crippen LogP contribution in [-0.4, -0.2) is 10.1 Å². The molecule has 0 atom stereocenters. The maximum Gasteiger partial charge on any atom is 0.232 e. The Bertz CT molecular complexity index is 529. The van der Waals surface area contributed by atoms with E-state index in [1.165, 1.54) is 0 Å². The molecule has 0 fully saturated rings. The molecular formula is C9H6IN5O. The molecular weight excluding hydrogens is 321 g/mol. The van der Waals surface area contributed by atoms with Crippen LogP contribution in [-0.2, 0) is 6.54 Å². The maximum absolute atomic E-state index is 8.15. The number of halogens is 1. The molecule has 0 bridgehead atoms. The number of benzene rings is 1. The average Bonchev–Trinajstić information content (AvgIpc) is 2.76. The van der Waals surface area contributed by atoms with Crippen LogP contribution in [0.2, 0.25) is 0 Å². The van der Waals surface area contributed by atoms with Crippen molar-refractivity contribution in [1.82, 2.24) is 10.1 Å². The van der Waals surface area contributed by atoms with Crippen molar-refractivity contribution in [3.05, 3.63) is 44.2 Å². The highest BCUT2D eigenvalue weighted by Crippen LogP contribution is 2.17. The van der Waals surface area contributed by atoms with Crippen LogP contribution < -0.4 is 0 Å². The van der Waals surface area contributed by atoms with Gasteiger partial charge in [-0.1, -0.05) is 22.4 Å². The molecule has 0 unspecified atom stereocenters. The monoisotopic (exact) mass is 327 g/mol. The largest absolute Gasteiger partial charge is 0.339 e. The number of hydrogen-bond donors (Lipinski definition) is 0. The van der Waals surface area contributed by atoms with Gasteiger partial charge in [-0.25, -0.2) is 0 Å². The third-order valence-electron chi connectivity index (χ3n) is 1.84. The van der Waals surface area contributed by atoms with E-state index < -0.39 is 0 Å². The van der Waals surface area contributed by atoms with Gasteiger partial charge in [-0.3, -0.25) is 0 Å². The van der Waals surface area contributed by atoms with Crippen LogP contribution in [0.25, 0.3) is 21.8 Å². The first-order valence-corrected chi connectivity index (χ1v) is 5.47. The SMILES string of the molecule is [N-]=[N+]=NCc1nc(-c2ccc(I)cc2)no1. The Labute approximate surface area is 104 Å². The van der Waals surface area contributed by atoms with Crippen LogP contribution in [0, 0.1) is 3.57 Å². The van der Waals surface area contributed by atoms with Crippen molar-refractivity contribution in [2.75, 3.05) is 0 Å². The molecule has 6 nitrogen and oxygen atoms in total. The Hall–Kier alpha value is -1.60. The molecule has 0 aliphatic rings. The quantitative estimate of drug-likeness (QED) is 0.375. The van der Waals surface area contributed by atoms with E-state index in [1.807, 2.05) is 24.3 Å². The summed E-state index contributed by atoms with van der Waals surface area (Å²) in [6, 6.07) is 7.73. The fraction of sp³-hybridized carbons (Fsp3) is 0.111. The zero-order valence-corrected chi connectivity index (χ0v) is 10.2. The third-order valence-corrected chi connectivity index (χ3v) is 2.56. The predicted molar refractivity (Wildman–Crippen MR) is 65.3 cm³/mol. The van der Waals surface area contributed by atoms with Crippen molar-refractivity contribution < 1.29 is 4.52 Å². The van der Waals surface area contributed by atoms with E-state index in [1.54, 1.807) is 0 Å². The summed E-state index contributed by atoms with van der Waals surface area (Å²) in [7, 11) is 0. The molecule has 1 heterocycles. The molecule has 2 aromatic rings. The summed E-state index contributed by atoms with van der Waals surface area (Å²) in [5, 5.41) is 7.14. The molecule has 1 aromatic carbocycles. The van der Waals surface area contributed by atoms with Gasteiger partial charge in [0.25, 0.3) is 0 Å². The van der Waals surface area contributed by atoms with Crippen molar-refractivity contribution in [2.24, 2.45) is 5.11 Å². The van der Waals surface area contributed by atoms with Crippen molar-refractivity contribution in [3.63, 3.8) is 0 Å². The normalized spacial score (nSPS) is 9.81. The lowest BCUT2D eigenvalue weighted by Gasteiger charge is -1.93. The van der Waals surface area contributed by atoms with Crippen molar-refractivity contribution in [1.29, 1.82) is 0 Å². The first-order valence-electron chi connectivity index (χ1n) is 4.39. The minimum absolute atomic E-state index is 0.0773. The highest BCUT2D eigenvalue weighted by atomic mass is 127. The van der Waals surface area contributed by atoms with Gasteiger partial charge in [0.1, 0.15) is 6.54 Å². The second-order valence-corrected chi connectivity index (χ2v) is 4.15. The lowest BCUT2D eigenvalue weighted by atomic mass is 10.2. The first kappa shape index (κ1) is 10.9. The van der Waals surface area contributed by atoms with Crippen LogP contribution in [0.5, 0.6) is 0 Å². The number of aromatic nitrogens is 2. The fourth-order valence-corrected chi connectivity index (χ4v) is 1.49. The van der Waals surface area contributed by atoms with E-state index >= 15 is 0 Å². The predicted octanol–water partition coefficient (Wildman–Crippen LogP) is 3.15. The topological polar surface area (TPSA) is 87.7 Å². The molecule has 0 saturated heterocycles. The molecule has 0 aliphatic carbocycles. The zero-order valence-electron chi connectivity index (χ0n) is 8.04. The van der Waals surface area contributed by atoms with Gasteiger partial charge in [0.2, 0.25) is 11.7 Å². The Kier molecular flexibility index (Phi) is 3.37. The standard InChI is InChI=1S/C9H6IN5O/c10-7-3-1-6(2-4-7)9-13-8(16-14-9)5-12-15-11/h1-4H,5H2. The first-order chi connectivity index (χ1) is 7.79. The number of azide groups is 1. The van der Waals surface area contributed by atoms with Crippen LogP contribution in [0.1, 0.15) is 5.89 Å². The van der Waals surface area contributed by atoms with Crippen molar-refractivity contribution >= 4 is 22.6 Å². The maximum atomic E-state index is 8.15. The average molecular weight is 327 g/mol. The van der Waals surface area contributed by atoms with Gasteiger partial charge in [0.05, 0.1) is 0 Å². The van der Waals surface area contributed by atoms with Gasteiger partial charge < -0.3 is 4.52 Å². The number of hydrogen-bond acceptors (Lipinski definition) is 4. The third kappa shape index (κ3) is 2.50. The van der Waals surface area contributed by atoms with E-state index in [0.29, 0.717) is 11.7 Å². The van der Waals surface area contributed by atoms with Crippen LogP contribution >= 0.6 is 22.6 Å². The summed E-state index contributed by atoms with van der Waals surface area (Å²) in [4.78, 5) is 6.72. The molecule has 0 amide bonds. The van der Waals surface area contributed by atoms with E-state index in [9.17, 15) is 0 Å². The molecule has 0 N–H and O–H groups in total. The summed E-state index contributed by atoms with van der Waals surface area (Å²) in [6.45, 7) is 0.0773. The van der Waals surface area contributed by atoms with Gasteiger partial charge in [-0.15, -0.1) is 0 Å². The Balaban J connectivity index is 2.24. The number of nitrogens with zero attached hydrogens (tertiary/aromatic N) is 5. The summed E-state index contributed by atoms with van der Waals surface area (Å²) in [5.41, 5.74) is 9.02. The molecule has 0 aliphatic heterocycles. The van der Waals surface area contributed by atoms with Crippen LogP contribution in [0.4, 0.5) is 0 Å². The second-order valence-electron chi connectivity index (χ2n) is 2.91. The lowest BCUT2D eigenvalue weighted by molar-refractivity contribution is 0.380. The zero-order chi connectivity index (χ0) is 11.4. The summed E-state index contributed by atoms with van der Waals surface area (Å²) in [5.74, 6) is 0.811. The summed E-state index contributed by atoms with van der Waals surface area (Å²) < 4.78 is 6.06. The van der Waals surface area contributed by atoms with Crippen molar-refractivity contribution in [3.8, 4) is 11.4 Å². The van der Waals surface area contributed by atoms with Crippen LogP contribution in [0.3, 0.4) is 0 Å². The molecule has 0 radical (unpaired) electrons. The highest BCUT2D eigenvalue weighted by molar-refractivity contribution is 14.1. The van der Waals surface area contributed by atoms with E-state index in [-0.39, 0.29) is 6.54 Å². The Morgan fingerprint density at radius 1 is 1.38 bits per heavy atom. The molecule has 0 saturated carbocycles. The minimum atomic E-state index is 0.0773. The molecule has 1 aromatic heterocycles. The second kappa shape index (κ2) is 4.95. The fourth-order valence-electron chi connectivity index (χ4n) is 1.13. The highest BCUT2D eigenvalue weighted by Gasteiger charge is 2.07. The van der Waals surface area contributed by atoms with Crippen molar-refractivity contribution in [2.45, 2.75) is 6.54 Å². The molecule has 7 heteroatoms. The van der Waals surface area contributed by atoms with Gasteiger partial charge in [0, 0.05) is 14.0 Å². The van der Waals surface area contributed by atoms with E-state index in [0.717, 1.165) is 9.13 Å². The number of rotatable bonds is 3. The smallest absolute Gasteiger partial charge is 0.232 e. The molecule has 2 rings (SSSR count). The summed E-state index contributed by atoms with van der Waals surface area (Å²) in [6.07, 6.45) is 0.